The van der Waals surface area contributed by atoms with Gasteiger partial charge in [0.2, 0.25) is 5.95 Å². The number of nitrogens with zero attached hydrogens (tertiary/aromatic N) is 3. The van der Waals surface area contributed by atoms with E-state index in [1.807, 2.05) is 0 Å². The first-order valence-electron chi connectivity index (χ1n) is 4.43. The molecule has 0 aromatic carbocycles. The van der Waals surface area contributed by atoms with E-state index >= 15 is 0 Å². The average Bonchev–Trinajstić information content (AvgIpc) is 2.23. The lowest BCUT2D eigenvalue weighted by atomic mass is 10.5. The Kier molecular flexibility index (Phi) is 5.13. The summed E-state index contributed by atoms with van der Waals surface area (Å²) in [5.41, 5.74) is 5.49. The van der Waals surface area contributed by atoms with Crippen LogP contribution in [0.3, 0.4) is 0 Å². The highest BCUT2D eigenvalue weighted by Crippen LogP contribution is 2.16. The monoisotopic (exact) mass is 230 g/mol. The van der Waals surface area contributed by atoms with Crippen LogP contribution >= 0.6 is 11.8 Å². The number of hydrogen-bond acceptors (Lipinski definition) is 7. The molecule has 0 saturated carbocycles. The lowest BCUT2D eigenvalue weighted by Crippen LogP contribution is -2.02. The Morgan fingerprint density at radius 2 is 2.07 bits per heavy atom. The number of methoxy groups -OCH3 is 2. The number of thioether (sulfide) groups is 1. The zero-order valence-electron chi connectivity index (χ0n) is 8.77. The molecule has 2 N–H and O–H groups in total. The van der Waals surface area contributed by atoms with E-state index < -0.39 is 0 Å². The summed E-state index contributed by atoms with van der Waals surface area (Å²) in [6, 6.07) is 0.247. The van der Waals surface area contributed by atoms with Crippen molar-refractivity contribution in [2.45, 2.75) is 11.6 Å². The molecule has 0 bridgehead atoms. The molecule has 84 valence electrons. The number of rotatable bonds is 6. The van der Waals surface area contributed by atoms with Crippen molar-refractivity contribution < 1.29 is 9.47 Å². The van der Waals surface area contributed by atoms with Gasteiger partial charge in [-0.3, -0.25) is 0 Å². The molecule has 0 radical (unpaired) electrons. The van der Waals surface area contributed by atoms with Crippen molar-refractivity contribution in [3.63, 3.8) is 0 Å². The Morgan fingerprint density at radius 3 is 2.73 bits per heavy atom. The van der Waals surface area contributed by atoms with E-state index in [1.165, 1.54) is 18.9 Å². The standard InChI is InChI=1S/C8H14N4O2S/c1-13-4-3-5-15-8-11-6(9)10-7(12-8)14-2/h3-5H2,1-2H3,(H2,9,10,11,12). The summed E-state index contributed by atoms with van der Waals surface area (Å²) >= 11 is 1.50. The zero-order valence-corrected chi connectivity index (χ0v) is 9.58. The van der Waals surface area contributed by atoms with Gasteiger partial charge in [0.15, 0.2) is 5.16 Å². The second-order valence-corrected chi connectivity index (χ2v) is 3.72. The highest BCUT2D eigenvalue weighted by molar-refractivity contribution is 7.99. The van der Waals surface area contributed by atoms with Crippen LogP contribution in [0.1, 0.15) is 6.42 Å². The van der Waals surface area contributed by atoms with Crippen LogP contribution in [0, 0.1) is 0 Å². The highest BCUT2D eigenvalue weighted by atomic mass is 32.2. The molecule has 0 aliphatic rings. The minimum atomic E-state index is 0.177. The second-order valence-electron chi connectivity index (χ2n) is 2.66. The Balaban J connectivity index is 2.49. The van der Waals surface area contributed by atoms with Gasteiger partial charge in [0.1, 0.15) is 0 Å². The van der Waals surface area contributed by atoms with Crippen molar-refractivity contribution in [2.75, 3.05) is 32.3 Å². The fraction of sp³-hybridized carbons (Fsp3) is 0.625. The minimum Gasteiger partial charge on any atom is -0.467 e. The molecule has 0 saturated heterocycles. The Bertz CT molecular complexity index is 311. The molecule has 0 unspecified atom stereocenters. The SMILES string of the molecule is COCCCSc1nc(N)nc(OC)n1. The van der Waals surface area contributed by atoms with Gasteiger partial charge in [-0.15, -0.1) is 0 Å². The Hall–Kier alpha value is -1.08. The molecule has 0 aliphatic heterocycles. The quantitative estimate of drug-likeness (QED) is 0.565. The van der Waals surface area contributed by atoms with Crippen molar-refractivity contribution in [3.05, 3.63) is 0 Å². The topological polar surface area (TPSA) is 83.2 Å². The largest absolute Gasteiger partial charge is 0.467 e. The van der Waals surface area contributed by atoms with Gasteiger partial charge in [-0.1, -0.05) is 11.8 Å². The van der Waals surface area contributed by atoms with Gasteiger partial charge in [0.05, 0.1) is 7.11 Å². The van der Waals surface area contributed by atoms with Crippen LogP contribution in [0.2, 0.25) is 0 Å². The third kappa shape index (κ3) is 4.30. The van der Waals surface area contributed by atoms with E-state index in [0.717, 1.165) is 18.8 Å². The maximum atomic E-state index is 5.49. The number of nitrogens with two attached hydrogens (primary N) is 1. The first kappa shape index (κ1) is 12.0. The molecule has 0 fully saturated rings. The summed E-state index contributed by atoms with van der Waals surface area (Å²) in [6.45, 7) is 0.727. The van der Waals surface area contributed by atoms with E-state index in [-0.39, 0.29) is 12.0 Å². The van der Waals surface area contributed by atoms with Gasteiger partial charge in [-0.05, 0) is 6.42 Å². The number of hydrogen-bond donors (Lipinski definition) is 1. The molecule has 7 heteroatoms. The predicted octanol–water partition coefficient (Wildman–Crippen LogP) is 0.591. The molecule has 1 heterocycles. The van der Waals surface area contributed by atoms with Gasteiger partial charge in [0, 0.05) is 19.5 Å². The summed E-state index contributed by atoms with van der Waals surface area (Å²) in [4.78, 5) is 11.8. The summed E-state index contributed by atoms with van der Waals surface area (Å²) in [7, 11) is 3.17. The third-order valence-corrected chi connectivity index (χ3v) is 2.45. The summed E-state index contributed by atoms with van der Waals surface area (Å²) in [5, 5.41) is 0.579. The molecule has 6 nitrogen and oxygen atoms in total. The molecule has 0 atom stereocenters. The van der Waals surface area contributed by atoms with Gasteiger partial charge < -0.3 is 15.2 Å². The lowest BCUT2D eigenvalue weighted by Gasteiger charge is -2.02. The van der Waals surface area contributed by atoms with Crippen LogP contribution in [-0.2, 0) is 4.74 Å². The number of anilines is 1. The molecule has 0 aliphatic carbocycles. The van der Waals surface area contributed by atoms with Crippen LogP contribution in [0.15, 0.2) is 5.16 Å². The van der Waals surface area contributed by atoms with Gasteiger partial charge >= 0.3 is 6.01 Å². The first-order chi connectivity index (χ1) is 7.26. The Morgan fingerprint density at radius 1 is 1.27 bits per heavy atom. The molecule has 1 aromatic rings. The van der Waals surface area contributed by atoms with Gasteiger partial charge in [-0.25, -0.2) is 0 Å². The van der Waals surface area contributed by atoms with Crippen molar-refractivity contribution >= 4 is 17.7 Å². The molecule has 1 aromatic heterocycles. The summed E-state index contributed by atoms with van der Waals surface area (Å²) in [6.07, 6.45) is 0.940. The van der Waals surface area contributed by atoms with Crippen LogP contribution in [-0.4, -0.2) is 41.5 Å². The number of nitrogen functional groups attached to an aromatic ring is 1. The van der Waals surface area contributed by atoms with Crippen molar-refractivity contribution in [1.29, 1.82) is 0 Å². The Labute approximate surface area is 92.6 Å². The molecule has 15 heavy (non-hydrogen) atoms. The van der Waals surface area contributed by atoms with Gasteiger partial charge in [0.25, 0.3) is 0 Å². The highest BCUT2D eigenvalue weighted by Gasteiger charge is 2.04. The minimum absolute atomic E-state index is 0.177. The smallest absolute Gasteiger partial charge is 0.321 e. The van der Waals surface area contributed by atoms with Crippen molar-refractivity contribution in [2.24, 2.45) is 0 Å². The van der Waals surface area contributed by atoms with E-state index in [2.05, 4.69) is 15.0 Å². The van der Waals surface area contributed by atoms with Gasteiger partial charge in [-0.2, -0.15) is 15.0 Å². The third-order valence-electron chi connectivity index (χ3n) is 1.52. The van der Waals surface area contributed by atoms with Crippen LogP contribution in [0.25, 0.3) is 0 Å². The first-order valence-corrected chi connectivity index (χ1v) is 5.42. The zero-order chi connectivity index (χ0) is 11.1. The van der Waals surface area contributed by atoms with E-state index in [9.17, 15) is 0 Å². The van der Waals surface area contributed by atoms with Crippen LogP contribution < -0.4 is 10.5 Å². The van der Waals surface area contributed by atoms with Crippen molar-refractivity contribution in [1.82, 2.24) is 15.0 Å². The van der Waals surface area contributed by atoms with E-state index in [0.29, 0.717) is 5.16 Å². The van der Waals surface area contributed by atoms with E-state index in [1.54, 1.807) is 7.11 Å². The van der Waals surface area contributed by atoms with E-state index in [4.69, 9.17) is 15.2 Å². The normalized spacial score (nSPS) is 10.3. The molecular formula is C8H14N4O2S. The average molecular weight is 230 g/mol. The maximum absolute atomic E-state index is 5.49. The number of aromatic nitrogens is 3. The summed E-state index contributed by atoms with van der Waals surface area (Å²) in [5.74, 6) is 1.05. The second kappa shape index (κ2) is 6.41. The lowest BCUT2D eigenvalue weighted by molar-refractivity contribution is 0.200. The molecule has 0 spiro atoms. The predicted molar refractivity (Wildman–Crippen MR) is 58.0 cm³/mol. The fourth-order valence-corrected chi connectivity index (χ4v) is 1.62. The number of ether oxygens (including phenoxy) is 2. The molecular weight excluding hydrogens is 216 g/mol. The summed E-state index contributed by atoms with van der Waals surface area (Å²) < 4.78 is 9.82. The van der Waals surface area contributed by atoms with Crippen molar-refractivity contribution in [3.8, 4) is 6.01 Å². The maximum Gasteiger partial charge on any atom is 0.321 e. The van der Waals surface area contributed by atoms with Crippen LogP contribution in [0.5, 0.6) is 6.01 Å². The fourth-order valence-electron chi connectivity index (χ4n) is 0.875. The molecule has 0 amide bonds. The molecule has 1 rings (SSSR count). The van der Waals surface area contributed by atoms with Crippen LogP contribution in [0.4, 0.5) is 5.95 Å².